The number of hydrogen-bond donors (Lipinski definition) is 2. The van der Waals surface area contributed by atoms with Crippen LogP contribution in [-0.4, -0.2) is 21.0 Å². The number of carbonyl (C=O) groups excluding carboxylic acids is 1. The van der Waals surface area contributed by atoms with Crippen molar-refractivity contribution in [1.82, 2.24) is 20.4 Å². The van der Waals surface area contributed by atoms with Crippen molar-refractivity contribution in [2.45, 2.75) is 6.54 Å². The fourth-order valence-electron chi connectivity index (χ4n) is 1.78. The number of H-pyrrole nitrogens is 1. The predicted molar refractivity (Wildman–Crippen MR) is 63.8 cm³/mol. The van der Waals surface area contributed by atoms with Crippen LogP contribution in [0.25, 0.3) is 10.9 Å². The van der Waals surface area contributed by atoms with E-state index in [1.807, 2.05) is 24.3 Å². The van der Waals surface area contributed by atoms with Crippen LogP contribution in [-0.2, 0) is 6.54 Å². The molecule has 3 rings (SSSR count). The SMILES string of the molecule is O=C(NCc1ncon1)c1c[nH]c2ccccc12. The maximum atomic E-state index is 12.0. The molecule has 2 heterocycles. The van der Waals surface area contributed by atoms with E-state index in [1.54, 1.807) is 6.20 Å². The molecule has 6 heteroatoms. The number of aromatic nitrogens is 3. The summed E-state index contributed by atoms with van der Waals surface area (Å²) in [4.78, 5) is 18.9. The van der Waals surface area contributed by atoms with Crippen LogP contribution in [0.15, 0.2) is 41.4 Å². The Morgan fingerprint density at radius 1 is 1.39 bits per heavy atom. The van der Waals surface area contributed by atoms with Crippen LogP contribution in [0, 0.1) is 0 Å². The molecule has 3 aromatic rings. The molecule has 0 radical (unpaired) electrons. The van der Waals surface area contributed by atoms with Crippen LogP contribution in [0.3, 0.4) is 0 Å². The van der Waals surface area contributed by atoms with E-state index in [0.717, 1.165) is 10.9 Å². The van der Waals surface area contributed by atoms with E-state index < -0.39 is 0 Å². The van der Waals surface area contributed by atoms with Gasteiger partial charge in [-0.25, -0.2) is 0 Å². The molecule has 0 aliphatic rings. The monoisotopic (exact) mass is 242 g/mol. The molecule has 90 valence electrons. The predicted octanol–water partition coefficient (Wildman–Crippen LogP) is 1.48. The molecule has 18 heavy (non-hydrogen) atoms. The molecule has 6 nitrogen and oxygen atoms in total. The lowest BCUT2D eigenvalue weighted by Crippen LogP contribution is -2.23. The van der Waals surface area contributed by atoms with Crippen molar-refractivity contribution in [3.63, 3.8) is 0 Å². The van der Waals surface area contributed by atoms with Crippen LogP contribution in [0.2, 0.25) is 0 Å². The Bertz CT molecular complexity index is 672. The molecule has 1 amide bonds. The van der Waals surface area contributed by atoms with Gasteiger partial charge in [0.1, 0.15) is 0 Å². The van der Waals surface area contributed by atoms with Gasteiger partial charge in [-0.3, -0.25) is 4.79 Å². The molecule has 0 atom stereocenters. The van der Waals surface area contributed by atoms with E-state index in [4.69, 9.17) is 0 Å². The highest BCUT2D eigenvalue weighted by molar-refractivity contribution is 6.06. The number of fused-ring (bicyclic) bond motifs is 1. The second-order valence-corrected chi connectivity index (χ2v) is 3.78. The Balaban J connectivity index is 1.80. The number of hydrogen-bond acceptors (Lipinski definition) is 4. The smallest absolute Gasteiger partial charge is 0.253 e. The van der Waals surface area contributed by atoms with Gasteiger partial charge in [-0.2, -0.15) is 4.98 Å². The van der Waals surface area contributed by atoms with Crippen molar-refractivity contribution in [1.29, 1.82) is 0 Å². The number of nitrogens with zero attached hydrogens (tertiary/aromatic N) is 2. The van der Waals surface area contributed by atoms with Crippen molar-refractivity contribution < 1.29 is 9.32 Å². The Labute approximate surface area is 102 Å². The van der Waals surface area contributed by atoms with Crippen LogP contribution in [0.5, 0.6) is 0 Å². The summed E-state index contributed by atoms with van der Waals surface area (Å²) in [5.74, 6) is 0.278. The van der Waals surface area contributed by atoms with E-state index in [0.29, 0.717) is 11.4 Å². The maximum absolute atomic E-state index is 12.0. The highest BCUT2D eigenvalue weighted by atomic mass is 16.5. The van der Waals surface area contributed by atoms with E-state index in [1.165, 1.54) is 6.39 Å². The number of amides is 1. The number of carbonyl (C=O) groups is 1. The van der Waals surface area contributed by atoms with Crippen molar-refractivity contribution in [2.24, 2.45) is 0 Å². The summed E-state index contributed by atoms with van der Waals surface area (Å²) >= 11 is 0. The maximum Gasteiger partial charge on any atom is 0.253 e. The summed E-state index contributed by atoms with van der Waals surface area (Å²) < 4.78 is 4.59. The van der Waals surface area contributed by atoms with Crippen molar-refractivity contribution in [3.8, 4) is 0 Å². The second-order valence-electron chi connectivity index (χ2n) is 3.78. The van der Waals surface area contributed by atoms with Crippen LogP contribution in [0.4, 0.5) is 0 Å². The first-order valence-electron chi connectivity index (χ1n) is 5.44. The van der Waals surface area contributed by atoms with Gasteiger partial charge in [0.05, 0.1) is 12.1 Å². The molecular formula is C12H10N4O2. The molecule has 0 bridgehead atoms. The topological polar surface area (TPSA) is 83.8 Å². The van der Waals surface area contributed by atoms with Crippen LogP contribution < -0.4 is 5.32 Å². The minimum atomic E-state index is -0.169. The van der Waals surface area contributed by atoms with Crippen LogP contribution in [0.1, 0.15) is 16.2 Å². The van der Waals surface area contributed by atoms with E-state index in [9.17, 15) is 4.79 Å². The minimum absolute atomic E-state index is 0.169. The summed E-state index contributed by atoms with van der Waals surface area (Å²) in [6.45, 7) is 0.245. The van der Waals surface area contributed by atoms with Crippen LogP contribution >= 0.6 is 0 Å². The van der Waals surface area contributed by atoms with Gasteiger partial charge in [0.25, 0.3) is 5.91 Å². The highest BCUT2D eigenvalue weighted by Crippen LogP contribution is 2.17. The summed E-state index contributed by atoms with van der Waals surface area (Å²) in [5, 5.41) is 7.25. The van der Waals surface area contributed by atoms with E-state index >= 15 is 0 Å². The third-order valence-corrected chi connectivity index (χ3v) is 2.65. The molecule has 0 saturated carbocycles. The van der Waals surface area contributed by atoms with Gasteiger partial charge in [-0.1, -0.05) is 23.4 Å². The fourth-order valence-corrected chi connectivity index (χ4v) is 1.78. The van der Waals surface area contributed by atoms with E-state index in [-0.39, 0.29) is 12.5 Å². The molecule has 2 aromatic heterocycles. The number of para-hydroxylation sites is 1. The normalized spacial score (nSPS) is 10.7. The molecule has 0 spiro atoms. The molecular weight excluding hydrogens is 232 g/mol. The average Bonchev–Trinajstić information content (AvgIpc) is 3.05. The van der Waals surface area contributed by atoms with E-state index in [2.05, 4.69) is 25.0 Å². The molecule has 0 saturated heterocycles. The third kappa shape index (κ3) is 1.84. The summed E-state index contributed by atoms with van der Waals surface area (Å²) in [6, 6.07) is 7.63. The van der Waals surface area contributed by atoms with Gasteiger partial charge in [0.2, 0.25) is 6.39 Å². The molecule has 2 N–H and O–H groups in total. The zero-order valence-corrected chi connectivity index (χ0v) is 9.38. The molecule has 0 aliphatic carbocycles. The Hall–Kier alpha value is -2.63. The van der Waals surface area contributed by atoms with Gasteiger partial charge >= 0.3 is 0 Å². The fraction of sp³-hybridized carbons (Fsp3) is 0.0833. The Morgan fingerprint density at radius 2 is 2.28 bits per heavy atom. The molecule has 1 aromatic carbocycles. The number of nitrogens with one attached hydrogen (secondary N) is 2. The lowest BCUT2D eigenvalue weighted by molar-refractivity contribution is 0.0951. The molecule has 0 unspecified atom stereocenters. The first kappa shape index (κ1) is 10.5. The zero-order valence-electron chi connectivity index (χ0n) is 9.38. The Morgan fingerprint density at radius 3 is 3.11 bits per heavy atom. The highest BCUT2D eigenvalue weighted by Gasteiger charge is 2.11. The third-order valence-electron chi connectivity index (χ3n) is 2.65. The van der Waals surface area contributed by atoms with Gasteiger partial charge in [0.15, 0.2) is 5.82 Å². The van der Waals surface area contributed by atoms with Crippen molar-refractivity contribution >= 4 is 16.8 Å². The summed E-state index contributed by atoms with van der Waals surface area (Å²) in [7, 11) is 0. The van der Waals surface area contributed by atoms with Gasteiger partial charge in [-0.05, 0) is 6.07 Å². The number of rotatable bonds is 3. The van der Waals surface area contributed by atoms with Crippen molar-refractivity contribution in [3.05, 3.63) is 48.2 Å². The Kier molecular flexibility index (Phi) is 2.53. The van der Waals surface area contributed by atoms with Gasteiger partial charge in [-0.15, -0.1) is 0 Å². The lowest BCUT2D eigenvalue weighted by atomic mass is 10.1. The first-order valence-corrected chi connectivity index (χ1v) is 5.44. The number of aromatic amines is 1. The van der Waals surface area contributed by atoms with Gasteiger partial charge < -0.3 is 14.8 Å². The molecule has 0 fully saturated rings. The summed E-state index contributed by atoms with van der Waals surface area (Å²) in [6.07, 6.45) is 2.92. The van der Waals surface area contributed by atoms with Crippen molar-refractivity contribution in [2.75, 3.05) is 0 Å². The lowest BCUT2D eigenvalue weighted by Gasteiger charge is -2.00. The largest absolute Gasteiger partial charge is 0.360 e. The average molecular weight is 242 g/mol. The standard InChI is InChI=1S/C12H10N4O2/c17-12(14-6-11-15-7-18-16-11)9-5-13-10-4-2-1-3-8(9)10/h1-5,7,13H,6H2,(H,14,17). The molecule has 0 aliphatic heterocycles. The summed E-state index contributed by atoms with van der Waals surface area (Å²) in [5.41, 5.74) is 1.54. The zero-order chi connectivity index (χ0) is 12.4. The van der Waals surface area contributed by atoms with Gasteiger partial charge in [0, 0.05) is 17.1 Å². The minimum Gasteiger partial charge on any atom is -0.360 e. The quantitative estimate of drug-likeness (QED) is 0.728. The second kappa shape index (κ2) is 4.33. The first-order chi connectivity index (χ1) is 8.84. The number of benzene rings is 1.